The molecule has 3 aromatic carbocycles. The van der Waals surface area contributed by atoms with Crippen molar-refractivity contribution >= 4 is 26.8 Å². The molecule has 170 valence electrons. The molecule has 1 aromatic heterocycles. The fourth-order valence-electron chi connectivity index (χ4n) is 4.70. The number of fused-ring (bicyclic) bond motifs is 1. The number of methoxy groups -OCH3 is 1. The normalized spacial score (nSPS) is 14.1. The maximum atomic E-state index is 12.5. The fourth-order valence-corrected chi connectivity index (χ4v) is 5.08. The van der Waals surface area contributed by atoms with Gasteiger partial charge in [0.25, 0.3) is 0 Å². The lowest BCUT2D eigenvalue weighted by Crippen LogP contribution is -2.35. The Hall–Kier alpha value is -2.69. The summed E-state index contributed by atoms with van der Waals surface area (Å²) in [7, 11) is 1.65. The van der Waals surface area contributed by atoms with Gasteiger partial charge < -0.3 is 9.84 Å². The number of nitrogens with zero attached hydrogens (tertiary/aromatic N) is 1. The monoisotopic (exact) mass is 503 g/mol. The van der Waals surface area contributed by atoms with E-state index in [-0.39, 0.29) is 5.92 Å². The van der Waals surface area contributed by atoms with E-state index in [2.05, 4.69) is 47.1 Å². The van der Waals surface area contributed by atoms with Crippen LogP contribution in [0.5, 0.6) is 5.88 Å². The molecule has 0 fully saturated rings. The van der Waals surface area contributed by atoms with Crippen LogP contribution in [0.15, 0.2) is 89.4 Å². The molecule has 4 heteroatoms. The minimum atomic E-state index is -1.12. The van der Waals surface area contributed by atoms with Crippen LogP contribution in [0.2, 0.25) is 0 Å². The van der Waals surface area contributed by atoms with E-state index in [1.54, 1.807) is 7.11 Å². The molecule has 4 aromatic rings. The van der Waals surface area contributed by atoms with Gasteiger partial charge in [-0.3, -0.25) is 0 Å². The minimum Gasteiger partial charge on any atom is -0.481 e. The second-order valence-electron chi connectivity index (χ2n) is 8.51. The van der Waals surface area contributed by atoms with Crippen molar-refractivity contribution in [2.45, 2.75) is 44.1 Å². The zero-order valence-corrected chi connectivity index (χ0v) is 20.8. The van der Waals surface area contributed by atoms with Crippen molar-refractivity contribution in [2.75, 3.05) is 7.11 Å². The second kappa shape index (κ2) is 10.5. The molecule has 0 saturated carbocycles. The Morgan fingerprint density at radius 2 is 1.64 bits per heavy atom. The number of hydrogen-bond acceptors (Lipinski definition) is 3. The summed E-state index contributed by atoms with van der Waals surface area (Å²) in [6.45, 7) is 2.18. The number of pyridine rings is 1. The molecule has 3 nitrogen and oxygen atoms in total. The maximum absolute atomic E-state index is 12.5. The Labute approximate surface area is 204 Å². The van der Waals surface area contributed by atoms with Crippen LogP contribution in [0, 0.1) is 0 Å². The highest BCUT2D eigenvalue weighted by Gasteiger charge is 2.41. The van der Waals surface area contributed by atoms with Crippen molar-refractivity contribution in [3.63, 3.8) is 0 Å². The van der Waals surface area contributed by atoms with E-state index in [0.29, 0.717) is 12.3 Å². The quantitative estimate of drug-likeness (QED) is 0.239. The first kappa shape index (κ1) is 23.5. The van der Waals surface area contributed by atoms with Crippen LogP contribution in [-0.4, -0.2) is 17.2 Å². The molecule has 0 saturated heterocycles. The SMILES string of the molecule is CCCCCC(O)(c1ccccc1)C(c1ccccc1)c1cc2cc(Br)ccc2nc1OC. The fraction of sp³-hybridized carbons (Fsp3) is 0.276. The summed E-state index contributed by atoms with van der Waals surface area (Å²) in [5.41, 5.74) is 2.57. The lowest BCUT2D eigenvalue weighted by Gasteiger charge is -2.38. The molecule has 4 rings (SSSR count). The van der Waals surface area contributed by atoms with Gasteiger partial charge in [0.15, 0.2) is 0 Å². The van der Waals surface area contributed by atoms with Crippen LogP contribution in [0.4, 0.5) is 0 Å². The predicted molar refractivity (Wildman–Crippen MR) is 139 cm³/mol. The number of halogens is 1. The third-order valence-corrected chi connectivity index (χ3v) is 6.81. The number of aliphatic hydroxyl groups is 1. The summed E-state index contributed by atoms with van der Waals surface area (Å²) in [5.74, 6) is 0.201. The largest absolute Gasteiger partial charge is 0.481 e. The van der Waals surface area contributed by atoms with Gasteiger partial charge >= 0.3 is 0 Å². The first-order valence-corrected chi connectivity index (χ1v) is 12.3. The number of ether oxygens (including phenoxy) is 1. The maximum Gasteiger partial charge on any atom is 0.217 e. The summed E-state index contributed by atoms with van der Waals surface area (Å²) >= 11 is 3.58. The average Bonchev–Trinajstić information content (AvgIpc) is 2.85. The highest BCUT2D eigenvalue weighted by Crippen LogP contribution is 2.48. The van der Waals surface area contributed by atoms with E-state index < -0.39 is 5.60 Å². The number of benzene rings is 3. The van der Waals surface area contributed by atoms with Crippen LogP contribution in [0.25, 0.3) is 10.9 Å². The molecular formula is C29H30BrNO2. The zero-order valence-electron chi connectivity index (χ0n) is 19.2. The topological polar surface area (TPSA) is 42.4 Å². The molecule has 33 heavy (non-hydrogen) atoms. The second-order valence-corrected chi connectivity index (χ2v) is 9.43. The minimum absolute atomic E-state index is 0.344. The van der Waals surface area contributed by atoms with Crippen LogP contribution in [0.1, 0.15) is 55.2 Å². The van der Waals surface area contributed by atoms with Gasteiger partial charge in [-0.2, -0.15) is 0 Å². The van der Waals surface area contributed by atoms with Gasteiger partial charge in [0, 0.05) is 21.3 Å². The smallest absolute Gasteiger partial charge is 0.217 e. The molecule has 0 bridgehead atoms. The highest BCUT2D eigenvalue weighted by molar-refractivity contribution is 9.10. The standard InChI is InChI=1S/C29H30BrNO2/c1-3-4-11-18-29(32,23-14-9-6-10-15-23)27(21-12-7-5-8-13-21)25-20-22-19-24(30)16-17-26(22)31-28(25)33-2/h5-10,12-17,19-20,27,32H,3-4,11,18H2,1-2H3. The van der Waals surface area contributed by atoms with E-state index in [0.717, 1.165) is 51.3 Å². The summed E-state index contributed by atoms with van der Waals surface area (Å²) in [6, 6.07) is 28.4. The van der Waals surface area contributed by atoms with Crippen LogP contribution in [0.3, 0.4) is 0 Å². The van der Waals surface area contributed by atoms with Crippen molar-refractivity contribution in [3.05, 3.63) is 106 Å². The van der Waals surface area contributed by atoms with E-state index in [1.807, 2.05) is 60.7 Å². The Morgan fingerprint density at radius 1 is 0.939 bits per heavy atom. The average molecular weight is 504 g/mol. The van der Waals surface area contributed by atoms with Gasteiger partial charge in [0.2, 0.25) is 5.88 Å². The first-order chi connectivity index (χ1) is 16.1. The molecule has 0 aliphatic heterocycles. The van der Waals surface area contributed by atoms with Gasteiger partial charge in [0.05, 0.1) is 12.6 Å². The summed E-state index contributed by atoms with van der Waals surface area (Å²) < 4.78 is 6.80. The highest BCUT2D eigenvalue weighted by atomic mass is 79.9. The molecule has 0 amide bonds. The molecule has 0 aliphatic rings. The molecular weight excluding hydrogens is 474 g/mol. The van der Waals surface area contributed by atoms with Crippen LogP contribution >= 0.6 is 15.9 Å². The van der Waals surface area contributed by atoms with Crippen molar-refractivity contribution < 1.29 is 9.84 Å². The lowest BCUT2D eigenvalue weighted by atomic mass is 9.71. The van der Waals surface area contributed by atoms with Crippen molar-refractivity contribution in [3.8, 4) is 5.88 Å². The molecule has 0 aliphatic carbocycles. The number of unbranched alkanes of at least 4 members (excludes halogenated alkanes) is 2. The van der Waals surface area contributed by atoms with Crippen molar-refractivity contribution in [1.29, 1.82) is 0 Å². The Bertz CT molecular complexity index is 1200. The number of hydrogen-bond donors (Lipinski definition) is 1. The number of rotatable bonds is 9. The van der Waals surface area contributed by atoms with E-state index in [1.165, 1.54) is 0 Å². The Kier molecular flexibility index (Phi) is 7.46. The summed E-state index contributed by atoms with van der Waals surface area (Å²) in [5, 5.41) is 13.5. The lowest BCUT2D eigenvalue weighted by molar-refractivity contribution is 0.00711. The molecule has 1 N–H and O–H groups in total. The van der Waals surface area contributed by atoms with Crippen LogP contribution < -0.4 is 4.74 Å². The van der Waals surface area contributed by atoms with Gasteiger partial charge in [-0.15, -0.1) is 0 Å². The predicted octanol–water partition coefficient (Wildman–Crippen LogP) is 7.61. The summed E-state index contributed by atoms with van der Waals surface area (Å²) in [6.07, 6.45) is 3.73. The molecule has 1 heterocycles. The number of aromatic nitrogens is 1. The van der Waals surface area contributed by atoms with E-state index in [4.69, 9.17) is 9.72 Å². The van der Waals surface area contributed by atoms with Crippen molar-refractivity contribution in [2.24, 2.45) is 0 Å². The van der Waals surface area contributed by atoms with Crippen LogP contribution in [-0.2, 0) is 5.60 Å². The van der Waals surface area contributed by atoms with Gasteiger partial charge in [-0.1, -0.05) is 103 Å². The third kappa shape index (κ3) is 4.97. The van der Waals surface area contributed by atoms with E-state index >= 15 is 0 Å². The van der Waals surface area contributed by atoms with E-state index in [9.17, 15) is 5.11 Å². The van der Waals surface area contributed by atoms with Gasteiger partial charge in [0.1, 0.15) is 5.60 Å². The molecule has 2 atom stereocenters. The molecule has 0 radical (unpaired) electrons. The third-order valence-electron chi connectivity index (χ3n) is 6.32. The molecule has 2 unspecified atom stereocenters. The Morgan fingerprint density at radius 3 is 2.30 bits per heavy atom. The van der Waals surface area contributed by atoms with Gasteiger partial charge in [-0.25, -0.2) is 4.98 Å². The zero-order chi connectivity index (χ0) is 23.3. The summed E-state index contributed by atoms with van der Waals surface area (Å²) in [4.78, 5) is 4.83. The van der Waals surface area contributed by atoms with Gasteiger partial charge in [-0.05, 0) is 41.8 Å². The first-order valence-electron chi connectivity index (χ1n) is 11.5. The van der Waals surface area contributed by atoms with Crippen molar-refractivity contribution in [1.82, 2.24) is 4.98 Å². The Balaban J connectivity index is 1.98. The molecule has 0 spiro atoms.